The van der Waals surface area contributed by atoms with Gasteiger partial charge in [-0.25, -0.2) is 0 Å². The van der Waals surface area contributed by atoms with Crippen LogP contribution in [-0.2, 0) is 5.75 Å². The summed E-state index contributed by atoms with van der Waals surface area (Å²) in [5.41, 5.74) is 0.991. The third kappa shape index (κ3) is 4.02. The highest BCUT2D eigenvalue weighted by Gasteiger charge is 2.11. The van der Waals surface area contributed by atoms with E-state index in [9.17, 15) is 0 Å². The van der Waals surface area contributed by atoms with Crippen molar-refractivity contribution in [2.75, 3.05) is 30.9 Å². The van der Waals surface area contributed by atoms with Gasteiger partial charge in [0.05, 0.1) is 0 Å². The van der Waals surface area contributed by atoms with Crippen LogP contribution >= 0.6 is 34.6 Å². The minimum atomic E-state index is 0.768. The summed E-state index contributed by atoms with van der Waals surface area (Å²) in [6.07, 6.45) is 1.09. The number of hydrogen-bond donors (Lipinski definition) is 1. The molecule has 0 aliphatic rings. The third-order valence-corrected chi connectivity index (χ3v) is 5.16. The molecule has 2 aromatic rings. The molecule has 0 aromatic carbocycles. The summed E-state index contributed by atoms with van der Waals surface area (Å²) < 4.78 is 4.95. The largest absolute Gasteiger partial charge is 0.374 e. The van der Waals surface area contributed by atoms with E-state index in [2.05, 4.69) is 32.0 Å². The van der Waals surface area contributed by atoms with Crippen molar-refractivity contribution in [3.8, 4) is 0 Å². The molecular formula is C10H16N6S3. The Kier molecular flexibility index (Phi) is 5.34. The van der Waals surface area contributed by atoms with E-state index in [4.69, 9.17) is 0 Å². The van der Waals surface area contributed by atoms with E-state index >= 15 is 0 Å². The molecule has 0 spiro atoms. The van der Waals surface area contributed by atoms with Gasteiger partial charge in [0.2, 0.25) is 5.13 Å². The van der Waals surface area contributed by atoms with Gasteiger partial charge in [-0.05, 0) is 6.42 Å². The Balaban J connectivity index is 1.92. The highest BCUT2D eigenvalue weighted by atomic mass is 32.2. The smallest absolute Gasteiger partial charge is 0.208 e. The molecule has 0 aliphatic carbocycles. The average molecular weight is 316 g/mol. The number of rotatable bonds is 7. The van der Waals surface area contributed by atoms with Crippen LogP contribution in [0.2, 0.25) is 0 Å². The summed E-state index contributed by atoms with van der Waals surface area (Å²) in [6.45, 7) is 3.09. The molecule has 0 bridgehead atoms. The molecule has 2 heterocycles. The van der Waals surface area contributed by atoms with Crippen molar-refractivity contribution < 1.29 is 0 Å². The molecule has 0 saturated heterocycles. The Morgan fingerprint density at radius 2 is 2.11 bits per heavy atom. The van der Waals surface area contributed by atoms with Crippen LogP contribution in [0.4, 0.5) is 10.1 Å². The van der Waals surface area contributed by atoms with Gasteiger partial charge in [-0.15, -0.1) is 15.3 Å². The standard InChI is InChI=1S/C10H16N6S3/c1-4-5-11-8-7(12-15-19-8)6-17-10-14-13-9(18-10)16(2)3/h11H,4-6H2,1-3H3. The number of hydrogen-bond acceptors (Lipinski definition) is 9. The fraction of sp³-hybridized carbons (Fsp3) is 0.600. The van der Waals surface area contributed by atoms with Crippen molar-refractivity contribution in [1.82, 2.24) is 19.8 Å². The van der Waals surface area contributed by atoms with Gasteiger partial charge in [-0.1, -0.05) is 34.5 Å². The fourth-order valence-corrected chi connectivity index (χ4v) is 3.64. The molecule has 2 rings (SSSR count). The average Bonchev–Trinajstić information content (AvgIpc) is 3.02. The summed E-state index contributed by atoms with van der Waals surface area (Å²) in [6, 6.07) is 0. The second kappa shape index (κ2) is 7.01. The number of thioether (sulfide) groups is 1. The van der Waals surface area contributed by atoms with Gasteiger partial charge in [-0.3, -0.25) is 0 Å². The van der Waals surface area contributed by atoms with Crippen molar-refractivity contribution in [1.29, 1.82) is 0 Å². The van der Waals surface area contributed by atoms with Gasteiger partial charge in [0.1, 0.15) is 10.7 Å². The molecule has 0 atom stereocenters. The summed E-state index contributed by atoms with van der Waals surface area (Å²) >= 11 is 4.64. The van der Waals surface area contributed by atoms with E-state index < -0.39 is 0 Å². The molecule has 0 aliphatic heterocycles. The van der Waals surface area contributed by atoms with Crippen molar-refractivity contribution in [3.05, 3.63) is 5.69 Å². The van der Waals surface area contributed by atoms with Gasteiger partial charge in [0.15, 0.2) is 4.34 Å². The quantitative estimate of drug-likeness (QED) is 0.787. The van der Waals surface area contributed by atoms with Crippen LogP contribution in [0.5, 0.6) is 0 Å². The van der Waals surface area contributed by atoms with Crippen LogP contribution in [0.25, 0.3) is 0 Å². The molecular weight excluding hydrogens is 300 g/mol. The lowest BCUT2D eigenvalue weighted by Crippen LogP contribution is -2.07. The first-order valence-corrected chi connectivity index (χ1v) is 8.47. The lowest BCUT2D eigenvalue weighted by Gasteiger charge is -2.03. The molecule has 104 valence electrons. The lowest BCUT2D eigenvalue weighted by molar-refractivity contribution is 0.969. The Hall–Kier alpha value is -0.930. The topological polar surface area (TPSA) is 66.8 Å². The number of aromatic nitrogens is 4. The van der Waals surface area contributed by atoms with E-state index in [-0.39, 0.29) is 0 Å². The van der Waals surface area contributed by atoms with E-state index in [1.54, 1.807) is 23.1 Å². The maximum absolute atomic E-state index is 4.16. The van der Waals surface area contributed by atoms with Crippen molar-refractivity contribution in [2.45, 2.75) is 23.4 Å². The Labute approximate surface area is 124 Å². The summed E-state index contributed by atoms with van der Waals surface area (Å²) in [4.78, 5) is 1.96. The van der Waals surface area contributed by atoms with E-state index in [0.717, 1.165) is 38.9 Å². The highest BCUT2D eigenvalue weighted by molar-refractivity contribution is 8.00. The third-order valence-electron chi connectivity index (χ3n) is 2.20. The Bertz CT molecular complexity index is 509. The molecule has 6 nitrogen and oxygen atoms in total. The van der Waals surface area contributed by atoms with Crippen molar-refractivity contribution in [3.63, 3.8) is 0 Å². The Morgan fingerprint density at radius 1 is 1.26 bits per heavy atom. The lowest BCUT2D eigenvalue weighted by atomic mass is 10.4. The zero-order valence-corrected chi connectivity index (χ0v) is 13.5. The number of nitrogens with one attached hydrogen (secondary N) is 1. The number of anilines is 2. The first-order valence-electron chi connectivity index (χ1n) is 5.89. The molecule has 9 heteroatoms. The summed E-state index contributed by atoms with van der Waals surface area (Å²) in [5.74, 6) is 0.768. The van der Waals surface area contributed by atoms with Crippen LogP contribution in [0, 0.1) is 0 Å². The minimum Gasteiger partial charge on any atom is -0.374 e. The predicted molar refractivity (Wildman–Crippen MR) is 82.5 cm³/mol. The van der Waals surface area contributed by atoms with E-state index in [0.29, 0.717) is 0 Å². The van der Waals surface area contributed by atoms with Crippen molar-refractivity contribution in [2.24, 2.45) is 0 Å². The maximum atomic E-state index is 4.16. The van der Waals surface area contributed by atoms with Crippen LogP contribution < -0.4 is 10.2 Å². The van der Waals surface area contributed by atoms with Crippen LogP contribution in [0.1, 0.15) is 19.0 Å². The SMILES string of the molecule is CCCNc1snnc1CSc1nnc(N(C)C)s1. The second-order valence-corrected chi connectivity index (χ2v) is 6.94. The van der Waals surface area contributed by atoms with Gasteiger partial charge in [-0.2, -0.15) is 0 Å². The first kappa shape index (κ1) is 14.5. The molecule has 0 radical (unpaired) electrons. The number of nitrogens with zero attached hydrogens (tertiary/aromatic N) is 5. The zero-order valence-electron chi connectivity index (χ0n) is 11.1. The van der Waals surface area contributed by atoms with Gasteiger partial charge in [0.25, 0.3) is 0 Å². The molecule has 19 heavy (non-hydrogen) atoms. The normalized spacial score (nSPS) is 10.7. The molecule has 1 N–H and O–H groups in total. The highest BCUT2D eigenvalue weighted by Crippen LogP contribution is 2.31. The fourth-order valence-electron chi connectivity index (χ4n) is 1.25. The zero-order chi connectivity index (χ0) is 13.7. The van der Waals surface area contributed by atoms with Gasteiger partial charge in [0, 0.05) is 37.9 Å². The minimum absolute atomic E-state index is 0.768. The molecule has 2 aromatic heterocycles. The first-order chi connectivity index (χ1) is 9.20. The van der Waals surface area contributed by atoms with E-state index in [1.807, 2.05) is 19.0 Å². The van der Waals surface area contributed by atoms with Gasteiger partial charge < -0.3 is 10.2 Å². The molecule has 0 saturated carbocycles. The molecule has 0 fully saturated rings. The van der Waals surface area contributed by atoms with E-state index in [1.165, 1.54) is 11.5 Å². The van der Waals surface area contributed by atoms with Crippen LogP contribution in [0.3, 0.4) is 0 Å². The molecule has 0 unspecified atom stereocenters. The Morgan fingerprint density at radius 3 is 2.79 bits per heavy atom. The van der Waals surface area contributed by atoms with Crippen LogP contribution in [-0.4, -0.2) is 40.4 Å². The monoisotopic (exact) mass is 316 g/mol. The van der Waals surface area contributed by atoms with Crippen LogP contribution in [0.15, 0.2) is 4.34 Å². The van der Waals surface area contributed by atoms with Crippen molar-refractivity contribution >= 4 is 44.8 Å². The summed E-state index contributed by atoms with van der Waals surface area (Å²) in [5, 5.41) is 17.7. The second-order valence-electron chi connectivity index (χ2n) is 4.01. The summed E-state index contributed by atoms with van der Waals surface area (Å²) in [7, 11) is 3.93. The molecule has 0 amide bonds. The predicted octanol–water partition coefficient (Wildman–Crippen LogP) is 2.57. The maximum Gasteiger partial charge on any atom is 0.208 e. The van der Waals surface area contributed by atoms with Gasteiger partial charge >= 0.3 is 0 Å².